The number of aldehydes is 1. The highest BCUT2D eigenvalue weighted by Gasteiger charge is 2.38. The van der Waals surface area contributed by atoms with Gasteiger partial charge in [-0.15, -0.1) is 0 Å². The molecule has 0 saturated carbocycles. The molecule has 0 aliphatic heterocycles. The topological polar surface area (TPSA) is 46.5 Å². The Morgan fingerprint density at radius 2 is 1.92 bits per heavy atom. The van der Waals surface area contributed by atoms with Gasteiger partial charge in [-0.2, -0.15) is 0 Å². The minimum absolute atomic E-state index is 0.0121. The molecular weight excluding hydrogens is 328 g/mol. The Kier molecular flexibility index (Phi) is 8.79. The van der Waals surface area contributed by atoms with Gasteiger partial charge in [0.2, 0.25) is 0 Å². The number of rotatable bonds is 10. The van der Waals surface area contributed by atoms with Gasteiger partial charge < -0.3 is 14.3 Å². The third kappa shape index (κ3) is 6.84. The average Bonchev–Trinajstić information content (AvgIpc) is 2.84. The van der Waals surface area contributed by atoms with Gasteiger partial charge in [0.05, 0.1) is 12.2 Å². The van der Waals surface area contributed by atoms with Crippen molar-refractivity contribution in [3.8, 4) is 0 Å². The van der Waals surface area contributed by atoms with E-state index in [0.717, 1.165) is 19.1 Å². The van der Waals surface area contributed by atoms with Crippen molar-refractivity contribution in [2.75, 3.05) is 0 Å². The van der Waals surface area contributed by atoms with Crippen molar-refractivity contribution in [1.29, 1.82) is 0 Å². The van der Waals surface area contributed by atoms with Crippen molar-refractivity contribution in [3.63, 3.8) is 0 Å². The van der Waals surface area contributed by atoms with Gasteiger partial charge >= 0.3 is 0 Å². The summed E-state index contributed by atoms with van der Waals surface area (Å²) < 4.78 is 6.62. The van der Waals surface area contributed by atoms with Crippen molar-refractivity contribution < 1.29 is 14.3 Å². The van der Waals surface area contributed by atoms with Crippen molar-refractivity contribution in [2.45, 2.75) is 90.1 Å². The first-order valence-electron chi connectivity index (χ1n) is 9.78. The Morgan fingerprint density at radius 1 is 1.24 bits per heavy atom. The predicted octanol–water partition coefficient (Wildman–Crippen LogP) is 5.27. The number of unbranched alkanes of at least 4 members (excludes halogenated alkanes) is 2. The van der Waals surface area contributed by atoms with Gasteiger partial charge in [0, 0.05) is 12.3 Å². The smallest absolute Gasteiger partial charge is 0.192 e. The van der Waals surface area contributed by atoms with Crippen molar-refractivity contribution in [1.82, 2.24) is 0 Å². The van der Waals surface area contributed by atoms with E-state index in [1.54, 1.807) is 0 Å². The third-order valence-corrected chi connectivity index (χ3v) is 10.2. The van der Waals surface area contributed by atoms with Crippen LogP contribution < -0.4 is 0 Å². The molecule has 1 rings (SSSR count). The lowest BCUT2D eigenvalue weighted by molar-refractivity contribution is -0.108. The first kappa shape index (κ1) is 22.3. The number of carbonyl (C=O) groups excluding carboxylic acids is 1. The molecule has 0 heterocycles. The molecule has 0 saturated heterocycles. The molecule has 144 valence electrons. The first-order valence-corrected chi connectivity index (χ1v) is 12.7. The van der Waals surface area contributed by atoms with Gasteiger partial charge in [0.15, 0.2) is 8.32 Å². The van der Waals surface area contributed by atoms with Crippen LogP contribution in [0.1, 0.15) is 59.8 Å². The summed E-state index contributed by atoms with van der Waals surface area (Å²) >= 11 is 0. The van der Waals surface area contributed by atoms with E-state index in [0.29, 0.717) is 6.42 Å². The molecule has 4 atom stereocenters. The Balaban J connectivity index is 2.83. The zero-order valence-corrected chi connectivity index (χ0v) is 18.0. The standard InChI is InChI=1S/C21H38O3Si/c1-7-8-9-10-18(24-25(5,6)21(2,3)4)12-13-19-17(15-16-22)11-14-20(19)23/h11-14,16-20,23H,7-10,15H2,1-6H3/b13-12+/t17-,18?,19-,20-/m1/s1. The lowest BCUT2D eigenvalue weighted by atomic mass is 9.90. The van der Waals surface area contributed by atoms with E-state index in [1.165, 1.54) is 12.8 Å². The molecule has 0 amide bonds. The molecule has 1 unspecified atom stereocenters. The lowest BCUT2D eigenvalue weighted by Crippen LogP contribution is -2.43. The molecule has 25 heavy (non-hydrogen) atoms. The van der Waals surface area contributed by atoms with Crippen LogP contribution in [0.2, 0.25) is 18.1 Å². The van der Waals surface area contributed by atoms with E-state index in [2.05, 4.69) is 52.9 Å². The Hall–Kier alpha value is -0.713. The van der Waals surface area contributed by atoms with Crippen molar-refractivity contribution in [2.24, 2.45) is 11.8 Å². The van der Waals surface area contributed by atoms with Crippen LogP contribution in [0.25, 0.3) is 0 Å². The number of aliphatic hydroxyl groups excluding tert-OH is 1. The van der Waals surface area contributed by atoms with Gasteiger partial charge in [-0.05, 0) is 30.5 Å². The zero-order valence-electron chi connectivity index (χ0n) is 17.0. The second kappa shape index (κ2) is 9.84. The molecule has 0 aromatic carbocycles. The number of carbonyl (C=O) groups is 1. The maximum absolute atomic E-state index is 10.9. The molecule has 3 nitrogen and oxygen atoms in total. The van der Waals surface area contributed by atoms with Crippen LogP contribution in [0.3, 0.4) is 0 Å². The summed E-state index contributed by atoms with van der Waals surface area (Å²) in [5, 5.41) is 10.4. The van der Waals surface area contributed by atoms with E-state index < -0.39 is 14.4 Å². The molecule has 0 aromatic heterocycles. The predicted molar refractivity (Wildman–Crippen MR) is 108 cm³/mol. The normalized spacial score (nSPS) is 25.6. The summed E-state index contributed by atoms with van der Waals surface area (Å²) in [5.41, 5.74) is 0. The van der Waals surface area contributed by atoms with Crippen LogP contribution >= 0.6 is 0 Å². The maximum Gasteiger partial charge on any atom is 0.192 e. The number of hydrogen-bond acceptors (Lipinski definition) is 3. The zero-order chi connectivity index (χ0) is 19.1. The number of hydrogen-bond donors (Lipinski definition) is 1. The van der Waals surface area contributed by atoms with Gasteiger partial charge in [-0.3, -0.25) is 0 Å². The van der Waals surface area contributed by atoms with E-state index in [4.69, 9.17) is 4.43 Å². The summed E-state index contributed by atoms with van der Waals surface area (Å²) in [6.07, 6.45) is 13.6. The molecular formula is C21H38O3Si. The quantitative estimate of drug-likeness (QED) is 0.248. The Morgan fingerprint density at radius 3 is 2.48 bits per heavy atom. The van der Waals surface area contributed by atoms with E-state index in [-0.39, 0.29) is 23.0 Å². The van der Waals surface area contributed by atoms with Gasteiger partial charge in [-0.1, -0.05) is 71.3 Å². The second-order valence-corrected chi connectivity index (χ2v) is 13.6. The number of allylic oxidation sites excluding steroid dienone is 1. The summed E-state index contributed by atoms with van der Waals surface area (Å²) in [4.78, 5) is 10.9. The minimum Gasteiger partial charge on any atom is -0.411 e. The van der Waals surface area contributed by atoms with Gasteiger partial charge in [-0.25, -0.2) is 0 Å². The molecule has 0 bridgehead atoms. The Bertz CT molecular complexity index is 462. The van der Waals surface area contributed by atoms with Crippen LogP contribution in [0.5, 0.6) is 0 Å². The fraction of sp³-hybridized carbons (Fsp3) is 0.762. The van der Waals surface area contributed by atoms with Gasteiger partial charge in [0.25, 0.3) is 0 Å². The summed E-state index contributed by atoms with van der Waals surface area (Å²) in [5.74, 6) is 0.0924. The second-order valence-electron chi connectivity index (χ2n) is 8.82. The highest BCUT2D eigenvalue weighted by atomic mass is 28.4. The highest BCUT2D eigenvalue weighted by molar-refractivity contribution is 6.74. The van der Waals surface area contributed by atoms with E-state index in [9.17, 15) is 9.90 Å². The molecule has 0 spiro atoms. The van der Waals surface area contributed by atoms with E-state index >= 15 is 0 Å². The first-order chi connectivity index (χ1) is 11.6. The van der Waals surface area contributed by atoms with Crippen LogP contribution in [-0.2, 0) is 9.22 Å². The average molecular weight is 367 g/mol. The van der Waals surface area contributed by atoms with Crippen LogP contribution in [0.15, 0.2) is 24.3 Å². The summed E-state index contributed by atoms with van der Waals surface area (Å²) in [6.45, 7) is 13.6. The highest BCUT2D eigenvalue weighted by Crippen LogP contribution is 2.38. The monoisotopic (exact) mass is 366 g/mol. The Labute approximate surface area is 155 Å². The summed E-state index contributed by atoms with van der Waals surface area (Å²) in [7, 11) is -1.84. The van der Waals surface area contributed by atoms with Crippen LogP contribution in [0, 0.1) is 11.8 Å². The van der Waals surface area contributed by atoms with Gasteiger partial charge in [0.1, 0.15) is 6.29 Å². The molecule has 0 fully saturated rings. The molecule has 0 radical (unpaired) electrons. The SMILES string of the molecule is CCCCCC(/C=C/[C@H]1[C@H](O)C=C[C@@H]1CC=O)O[Si](C)(C)C(C)(C)C. The number of aliphatic hydroxyl groups is 1. The lowest BCUT2D eigenvalue weighted by Gasteiger charge is -2.39. The fourth-order valence-electron chi connectivity index (χ4n) is 2.97. The summed E-state index contributed by atoms with van der Waals surface area (Å²) in [6, 6.07) is 0. The van der Waals surface area contributed by atoms with E-state index in [1.807, 2.05) is 12.2 Å². The molecule has 1 N–H and O–H groups in total. The molecule has 4 heteroatoms. The van der Waals surface area contributed by atoms with Crippen molar-refractivity contribution >= 4 is 14.6 Å². The largest absolute Gasteiger partial charge is 0.411 e. The third-order valence-electron chi connectivity index (χ3n) is 5.70. The maximum atomic E-state index is 10.9. The molecule has 1 aliphatic carbocycles. The van der Waals surface area contributed by atoms with Crippen LogP contribution in [0.4, 0.5) is 0 Å². The molecule has 1 aliphatic rings. The minimum atomic E-state index is -1.84. The fourth-order valence-corrected chi connectivity index (χ4v) is 4.27. The molecule has 0 aromatic rings. The van der Waals surface area contributed by atoms with Crippen molar-refractivity contribution in [3.05, 3.63) is 24.3 Å². The van der Waals surface area contributed by atoms with Crippen LogP contribution in [-0.4, -0.2) is 31.9 Å².